The van der Waals surface area contributed by atoms with Gasteiger partial charge >= 0.3 is 0 Å². The molecule has 1 fully saturated rings. The van der Waals surface area contributed by atoms with Crippen molar-refractivity contribution in [2.45, 2.75) is 24.7 Å². The maximum Gasteiger partial charge on any atom is 0.0975 e. The number of aliphatic hydroxyl groups excluding tert-OH is 1. The summed E-state index contributed by atoms with van der Waals surface area (Å²) in [5.74, 6) is 0. The first-order valence-corrected chi connectivity index (χ1v) is 5.47. The zero-order chi connectivity index (χ0) is 10.4. The lowest BCUT2D eigenvalue weighted by Crippen LogP contribution is -2.45. The summed E-state index contributed by atoms with van der Waals surface area (Å²) in [4.78, 5) is 0. The molecular weight excluding hydrogens is 214 g/mol. The summed E-state index contributed by atoms with van der Waals surface area (Å²) in [7, 11) is 0. The first-order valence-electron chi connectivity index (χ1n) is 5.10. The third kappa shape index (κ3) is 1.51. The lowest BCUT2D eigenvalue weighted by atomic mass is 9.90. The quantitative estimate of drug-likeness (QED) is 0.709. The molecule has 0 amide bonds. The molecule has 0 unspecified atom stereocenters. The minimum absolute atomic E-state index is 0.0772. The van der Waals surface area contributed by atoms with E-state index in [1.807, 2.05) is 18.2 Å². The molecule has 3 nitrogen and oxygen atoms in total. The topological polar surface area (TPSA) is 41.5 Å². The predicted octanol–water partition coefficient (Wildman–Crippen LogP) is 1.96. The molecule has 15 heavy (non-hydrogen) atoms. The highest BCUT2D eigenvalue weighted by Crippen LogP contribution is 2.39. The van der Waals surface area contributed by atoms with Gasteiger partial charge in [0.05, 0.1) is 24.9 Å². The molecule has 1 aromatic rings. The normalized spacial score (nSPS) is 33.1. The molecule has 0 aliphatic carbocycles. The van der Waals surface area contributed by atoms with Crippen LogP contribution in [0.5, 0.6) is 0 Å². The van der Waals surface area contributed by atoms with Crippen molar-refractivity contribution in [2.24, 2.45) is 0 Å². The number of hydrogen-bond donors (Lipinski definition) is 2. The van der Waals surface area contributed by atoms with E-state index in [9.17, 15) is 5.11 Å². The highest BCUT2D eigenvalue weighted by Gasteiger charge is 2.36. The van der Waals surface area contributed by atoms with Gasteiger partial charge in [0, 0.05) is 22.7 Å². The van der Waals surface area contributed by atoms with Crippen LogP contribution in [-0.2, 0) is 4.74 Å². The second-order valence-corrected chi connectivity index (χ2v) is 4.54. The van der Waals surface area contributed by atoms with Crippen LogP contribution in [-0.4, -0.2) is 23.9 Å². The molecule has 1 saturated heterocycles. The number of ether oxygens (including phenoxy) is 1. The Hall–Kier alpha value is -0.770. The highest BCUT2D eigenvalue weighted by atomic mass is 35.5. The van der Waals surface area contributed by atoms with Crippen molar-refractivity contribution in [3.05, 3.63) is 28.8 Å². The van der Waals surface area contributed by atoms with E-state index in [2.05, 4.69) is 5.32 Å². The van der Waals surface area contributed by atoms with Crippen LogP contribution in [0.2, 0.25) is 5.02 Å². The molecule has 2 aliphatic heterocycles. The Labute approximate surface area is 93.0 Å². The summed E-state index contributed by atoms with van der Waals surface area (Å²) >= 11 is 5.95. The largest absolute Gasteiger partial charge is 0.389 e. The summed E-state index contributed by atoms with van der Waals surface area (Å²) in [5, 5.41) is 13.7. The van der Waals surface area contributed by atoms with Crippen LogP contribution in [0, 0.1) is 0 Å². The molecule has 0 radical (unpaired) electrons. The Balaban J connectivity index is 2.03. The number of anilines is 1. The fraction of sp³-hybridized carbons (Fsp3) is 0.455. The van der Waals surface area contributed by atoms with Gasteiger partial charge < -0.3 is 15.2 Å². The molecule has 0 saturated carbocycles. The Bertz CT molecular complexity index is 396. The van der Waals surface area contributed by atoms with Crippen molar-refractivity contribution in [1.82, 2.24) is 0 Å². The Morgan fingerprint density at radius 1 is 1.47 bits per heavy atom. The van der Waals surface area contributed by atoms with E-state index < -0.39 is 6.10 Å². The van der Waals surface area contributed by atoms with E-state index >= 15 is 0 Å². The van der Waals surface area contributed by atoms with Crippen LogP contribution >= 0.6 is 11.6 Å². The molecule has 80 valence electrons. The summed E-state index contributed by atoms with van der Waals surface area (Å²) in [6.07, 6.45) is 0.479. The third-order valence-corrected chi connectivity index (χ3v) is 3.34. The van der Waals surface area contributed by atoms with Crippen LogP contribution in [0.15, 0.2) is 18.2 Å². The van der Waals surface area contributed by atoms with E-state index in [0.29, 0.717) is 6.61 Å². The number of halogens is 1. The maximum absolute atomic E-state index is 9.69. The van der Waals surface area contributed by atoms with Crippen molar-refractivity contribution in [1.29, 1.82) is 0 Å². The predicted molar refractivity (Wildman–Crippen MR) is 58.2 cm³/mol. The van der Waals surface area contributed by atoms with E-state index in [-0.39, 0.29) is 12.1 Å². The Morgan fingerprint density at radius 2 is 2.33 bits per heavy atom. The number of hydrogen-bond acceptors (Lipinski definition) is 3. The van der Waals surface area contributed by atoms with Crippen molar-refractivity contribution >= 4 is 17.3 Å². The van der Waals surface area contributed by atoms with Gasteiger partial charge in [0.2, 0.25) is 0 Å². The zero-order valence-electron chi connectivity index (χ0n) is 8.11. The van der Waals surface area contributed by atoms with E-state index in [1.165, 1.54) is 0 Å². The summed E-state index contributed by atoms with van der Waals surface area (Å²) < 4.78 is 5.59. The number of fused-ring (bicyclic) bond motifs is 4. The van der Waals surface area contributed by atoms with Crippen LogP contribution < -0.4 is 5.32 Å². The molecule has 2 N–H and O–H groups in total. The minimum Gasteiger partial charge on any atom is -0.389 e. The SMILES string of the molecule is O[C@@H]1CO[C@H]2C[C@@H]1Nc1ccc(Cl)cc12. The zero-order valence-corrected chi connectivity index (χ0v) is 8.87. The van der Waals surface area contributed by atoms with Crippen molar-refractivity contribution in [3.8, 4) is 0 Å². The van der Waals surface area contributed by atoms with Gasteiger partial charge in [-0.25, -0.2) is 0 Å². The average molecular weight is 226 g/mol. The van der Waals surface area contributed by atoms with Gasteiger partial charge in [-0.3, -0.25) is 0 Å². The molecule has 2 heterocycles. The van der Waals surface area contributed by atoms with Gasteiger partial charge in [0.25, 0.3) is 0 Å². The highest BCUT2D eigenvalue weighted by molar-refractivity contribution is 6.30. The summed E-state index contributed by atoms with van der Waals surface area (Å²) in [5.41, 5.74) is 2.13. The van der Waals surface area contributed by atoms with Crippen molar-refractivity contribution in [3.63, 3.8) is 0 Å². The van der Waals surface area contributed by atoms with E-state index in [0.717, 1.165) is 22.7 Å². The smallest absolute Gasteiger partial charge is 0.0975 e. The van der Waals surface area contributed by atoms with E-state index in [4.69, 9.17) is 16.3 Å². The van der Waals surface area contributed by atoms with Crippen LogP contribution in [0.3, 0.4) is 0 Å². The average Bonchev–Trinajstić information content (AvgIpc) is 2.24. The summed E-state index contributed by atoms with van der Waals surface area (Å²) in [6, 6.07) is 5.83. The molecule has 2 aliphatic rings. The summed E-state index contributed by atoms with van der Waals surface area (Å²) in [6.45, 7) is 0.397. The third-order valence-electron chi connectivity index (χ3n) is 3.10. The molecule has 3 atom stereocenters. The van der Waals surface area contributed by atoms with Gasteiger partial charge in [-0.1, -0.05) is 11.6 Å². The fourth-order valence-corrected chi connectivity index (χ4v) is 2.47. The number of benzene rings is 1. The Kier molecular flexibility index (Phi) is 2.12. The molecule has 4 heteroatoms. The van der Waals surface area contributed by atoms with Crippen molar-refractivity contribution in [2.75, 3.05) is 11.9 Å². The molecule has 0 spiro atoms. The number of rotatable bonds is 0. The van der Waals surface area contributed by atoms with Gasteiger partial charge in [0.15, 0.2) is 0 Å². The minimum atomic E-state index is -0.412. The monoisotopic (exact) mass is 225 g/mol. The number of nitrogens with one attached hydrogen (secondary N) is 1. The van der Waals surface area contributed by atoms with Crippen LogP contribution in [0.25, 0.3) is 0 Å². The Morgan fingerprint density at radius 3 is 3.20 bits per heavy atom. The lowest BCUT2D eigenvalue weighted by Gasteiger charge is -2.40. The van der Waals surface area contributed by atoms with Crippen molar-refractivity contribution < 1.29 is 9.84 Å². The first kappa shape index (κ1) is 9.46. The standard InChI is InChI=1S/C11H12ClNO2/c12-6-1-2-8-7(3-6)11-4-9(13-8)10(14)5-15-11/h1-3,9-11,13-14H,4-5H2/t9-,10+,11-/m0/s1. The molecule has 2 bridgehead atoms. The van der Waals surface area contributed by atoms with Gasteiger partial charge in [-0.2, -0.15) is 0 Å². The van der Waals surface area contributed by atoms with Gasteiger partial charge in [-0.15, -0.1) is 0 Å². The van der Waals surface area contributed by atoms with Crippen LogP contribution in [0.1, 0.15) is 18.1 Å². The number of aliphatic hydroxyl groups is 1. The van der Waals surface area contributed by atoms with Gasteiger partial charge in [-0.05, 0) is 18.2 Å². The first-order chi connectivity index (χ1) is 7.24. The molecular formula is C11H12ClNO2. The molecule has 0 aromatic heterocycles. The fourth-order valence-electron chi connectivity index (χ4n) is 2.29. The second kappa shape index (κ2) is 3.37. The lowest BCUT2D eigenvalue weighted by molar-refractivity contribution is -0.0672. The van der Waals surface area contributed by atoms with Crippen LogP contribution in [0.4, 0.5) is 5.69 Å². The van der Waals surface area contributed by atoms with Gasteiger partial charge in [0.1, 0.15) is 0 Å². The molecule has 3 rings (SSSR count). The van der Waals surface area contributed by atoms with E-state index in [1.54, 1.807) is 0 Å². The molecule has 1 aromatic carbocycles. The second-order valence-electron chi connectivity index (χ2n) is 4.11. The maximum atomic E-state index is 9.69.